The number of unbranched alkanes of at least 4 members (excludes halogenated alkanes) is 6. The van der Waals surface area contributed by atoms with E-state index in [-0.39, 0.29) is 0 Å². The predicted molar refractivity (Wildman–Crippen MR) is 119 cm³/mol. The van der Waals surface area contributed by atoms with Gasteiger partial charge in [0.15, 0.2) is 0 Å². The highest BCUT2D eigenvalue weighted by molar-refractivity contribution is 8.35. The number of aryl methyl sites for hydroxylation is 1. The molecule has 0 unspecified atom stereocenters. The van der Waals surface area contributed by atoms with Gasteiger partial charge in [-0.1, -0.05) is 50.2 Å². The van der Waals surface area contributed by atoms with E-state index < -0.39 is 10.0 Å². The van der Waals surface area contributed by atoms with Crippen LogP contribution in [0.25, 0.3) is 0 Å². The van der Waals surface area contributed by atoms with E-state index in [2.05, 4.69) is 54.2 Å². The molecule has 1 aromatic carbocycles. The largest absolute Gasteiger partial charge is 0.396 e. The van der Waals surface area contributed by atoms with Gasteiger partial charge in [0.05, 0.1) is 6.61 Å². The number of hydrogen-bond donors (Lipinski definition) is 1. The molecule has 1 N–H and O–H groups in total. The van der Waals surface area contributed by atoms with Gasteiger partial charge in [0.1, 0.15) is 0 Å². The van der Waals surface area contributed by atoms with Crippen molar-refractivity contribution in [1.29, 1.82) is 0 Å². The standard InChI is InChI=1S/C22H36OS2/c1-25(2,3)20-16-22-14-12-21(13-15-22)11-9-7-5-4-6-8-10-18-24-19-17-23/h12-15,23H,4-11,17-19H2,1-3H3. The van der Waals surface area contributed by atoms with E-state index in [1.165, 1.54) is 62.7 Å². The molecule has 1 rings (SSSR count). The highest BCUT2D eigenvalue weighted by Crippen LogP contribution is 2.32. The third-order valence-corrected chi connectivity index (χ3v) is 5.71. The minimum Gasteiger partial charge on any atom is -0.396 e. The van der Waals surface area contributed by atoms with Gasteiger partial charge in [-0.25, -0.2) is 0 Å². The number of hydrogen-bond acceptors (Lipinski definition) is 2. The van der Waals surface area contributed by atoms with E-state index in [1.807, 2.05) is 11.8 Å². The molecule has 0 heterocycles. The van der Waals surface area contributed by atoms with Crippen molar-refractivity contribution < 1.29 is 5.11 Å². The molecule has 0 aliphatic carbocycles. The summed E-state index contributed by atoms with van der Waals surface area (Å²) in [5.41, 5.74) is 2.58. The fraction of sp³-hybridized carbons (Fsp3) is 0.636. The van der Waals surface area contributed by atoms with Gasteiger partial charge >= 0.3 is 0 Å². The minimum atomic E-state index is -0.738. The summed E-state index contributed by atoms with van der Waals surface area (Å²) in [6.07, 6.45) is 17.3. The molecule has 0 aliphatic heterocycles. The first kappa shape index (κ1) is 22.5. The third kappa shape index (κ3) is 13.3. The monoisotopic (exact) mass is 380 g/mol. The molecule has 0 atom stereocenters. The molecule has 0 bridgehead atoms. The van der Waals surface area contributed by atoms with E-state index in [1.54, 1.807) is 0 Å². The normalized spacial score (nSPS) is 11.8. The maximum Gasteiger partial charge on any atom is 0.0521 e. The van der Waals surface area contributed by atoms with Crippen LogP contribution in [-0.2, 0) is 6.42 Å². The first-order valence-electron chi connectivity index (χ1n) is 9.50. The summed E-state index contributed by atoms with van der Waals surface area (Å²) in [7, 11) is -0.738. The smallest absolute Gasteiger partial charge is 0.0521 e. The Morgan fingerprint density at radius 2 is 1.44 bits per heavy atom. The number of rotatable bonds is 12. The van der Waals surface area contributed by atoms with Gasteiger partial charge in [0.2, 0.25) is 0 Å². The second-order valence-corrected chi connectivity index (χ2v) is 12.4. The van der Waals surface area contributed by atoms with Gasteiger partial charge in [-0.15, -0.1) is 0 Å². The highest BCUT2D eigenvalue weighted by atomic mass is 32.3. The summed E-state index contributed by atoms with van der Waals surface area (Å²) in [6.45, 7) is 0.318. The average molecular weight is 381 g/mol. The second kappa shape index (κ2) is 13.6. The fourth-order valence-corrected chi connectivity index (χ4v) is 3.72. The number of aliphatic hydroxyl groups excluding tert-OH is 1. The van der Waals surface area contributed by atoms with E-state index >= 15 is 0 Å². The van der Waals surface area contributed by atoms with E-state index in [0.717, 1.165) is 11.3 Å². The van der Waals surface area contributed by atoms with Gasteiger partial charge in [0.25, 0.3) is 0 Å². The van der Waals surface area contributed by atoms with Gasteiger partial charge in [0, 0.05) is 11.3 Å². The molecular formula is C22H36OS2. The molecule has 142 valence electrons. The van der Waals surface area contributed by atoms with Crippen LogP contribution in [-0.4, -0.2) is 42.0 Å². The average Bonchev–Trinajstić information content (AvgIpc) is 2.58. The van der Waals surface area contributed by atoms with Crippen LogP contribution in [0.3, 0.4) is 0 Å². The van der Waals surface area contributed by atoms with E-state index in [0.29, 0.717) is 6.61 Å². The molecular weight excluding hydrogens is 344 g/mol. The van der Waals surface area contributed by atoms with Crippen LogP contribution in [0.5, 0.6) is 0 Å². The van der Waals surface area contributed by atoms with Gasteiger partial charge in [-0.05, 0) is 66.7 Å². The van der Waals surface area contributed by atoms with Crippen LogP contribution in [0.1, 0.15) is 56.1 Å². The van der Waals surface area contributed by atoms with Crippen LogP contribution in [0, 0.1) is 11.2 Å². The van der Waals surface area contributed by atoms with Crippen LogP contribution in [0.2, 0.25) is 0 Å². The zero-order valence-corrected chi connectivity index (χ0v) is 18.0. The zero-order valence-electron chi connectivity index (χ0n) is 16.4. The van der Waals surface area contributed by atoms with Crippen LogP contribution in [0.4, 0.5) is 0 Å². The van der Waals surface area contributed by atoms with Crippen LogP contribution < -0.4 is 0 Å². The maximum absolute atomic E-state index is 8.71. The van der Waals surface area contributed by atoms with Crippen LogP contribution in [0.15, 0.2) is 24.3 Å². The van der Waals surface area contributed by atoms with E-state index in [9.17, 15) is 0 Å². The van der Waals surface area contributed by atoms with Crippen molar-refractivity contribution in [1.82, 2.24) is 0 Å². The molecule has 25 heavy (non-hydrogen) atoms. The minimum absolute atomic E-state index is 0.318. The number of thioether (sulfide) groups is 1. The molecule has 0 radical (unpaired) electrons. The molecule has 0 fully saturated rings. The Hall–Kier alpha value is -0.560. The van der Waals surface area contributed by atoms with Crippen molar-refractivity contribution in [2.75, 3.05) is 36.9 Å². The summed E-state index contributed by atoms with van der Waals surface area (Å²) >= 11 is 1.87. The molecule has 0 amide bonds. The summed E-state index contributed by atoms with van der Waals surface area (Å²) in [4.78, 5) is 0. The number of benzene rings is 1. The Balaban J connectivity index is 2.06. The molecule has 0 aromatic heterocycles. The molecule has 1 nitrogen and oxygen atoms in total. The lowest BCUT2D eigenvalue weighted by atomic mass is 10.0. The molecule has 1 aromatic rings. The summed E-state index contributed by atoms with van der Waals surface area (Å²) in [5.74, 6) is 5.40. The third-order valence-electron chi connectivity index (χ3n) is 3.95. The molecule has 0 aliphatic rings. The van der Waals surface area contributed by atoms with Crippen molar-refractivity contribution in [3.63, 3.8) is 0 Å². The van der Waals surface area contributed by atoms with Crippen molar-refractivity contribution in [2.45, 2.75) is 51.4 Å². The lowest BCUT2D eigenvalue weighted by molar-refractivity contribution is 0.322. The first-order chi connectivity index (χ1) is 12.0. The molecule has 0 saturated carbocycles. The Morgan fingerprint density at radius 3 is 2.04 bits per heavy atom. The fourth-order valence-electron chi connectivity index (χ4n) is 2.55. The van der Waals surface area contributed by atoms with Gasteiger partial charge in [-0.3, -0.25) is 0 Å². The predicted octanol–water partition coefficient (Wildman–Crippen LogP) is 5.69. The van der Waals surface area contributed by atoms with Crippen molar-refractivity contribution in [2.24, 2.45) is 0 Å². The van der Waals surface area contributed by atoms with Crippen LogP contribution >= 0.6 is 21.8 Å². The first-order valence-corrected chi connectivity index (χ1v) is 13.5. The maximum atomic E-state index is 8.71. The SMILES string of the molecule is CS(C)(C)C#Cc1ccc(CCCCCCCCCSCCO)cc1. The highest BCUT2D eigenvalue weighted by Gasteiger charge is 1.98. The van der Waals surface area contributed by atoms with Gasteiger partial charge in [-0.2, -0.15) is 21.8 Å². The molecule has 0 saturated heterocycles. The quantitative estimate of drug-likeness (QED) is 0.371. The zero-order chi connectivity index (χ0) is 18.4. The van der Waals surface area contributed by atoms with Crippen molar-refractivity contribution in [3.05, 3.63) is 35.4 Å². The Labute approximate surface area is 161 Å². The van der Waals surface area contributed by atoms with Gasteiger partial charge < -0.3 is 5.11 Å². The Morgan fingerprint density at radius 1 is 0.840 bits per heavy atom. The summed E-state index contributed by atoms with van der Waals surface area (Å²) in [5, 5.41) is 12.1. The lowest BCUT2D eigenvalue weighted by Crippen LogP contribution is -1.89. The Bertz CT molecular complexity index is 506. The number of aliphatic hydroxyl groups is 1. The summed E-state index contributed by atoms with van der Waals surface area (Å²) < 4.78 is 0. The molecule has 3 heteroatoms. The van der Waals surface area contributed by atoms with E-state index in [4.69, 9.17) is 5.11 Å². The molecule has 0 spiro atoms. The van der Waals surface area contributed by atoms with Crippen molar-refractivity contribution in [3.8, 4) is 11.2 Å². The summed E-state index contributed by atoms with van der Waals surface area (Å²) in [6, 6.07) is 8.82. The topological polar surface area (TPSA) is 20.2 Å². The van der Waals surface area contributed by atoms with Crippen molar-refractivity contribution >= 4 is 21.8 Å². The lowest BCUT2D eigenvalue weighted by Gasteiger charge is -2.14. The second-order valence-electron chi connectivity index (χ2n) is 7.32. The Kier molecular flexibility index (Phi) is 12.2.